The number of nitrogens with zero attached hydrogens (tertiary/aromatic N) is 1. The number of piperazine rings is 1. The summed E-state index contributed by atoms with van der Waals surface area (Å²) in [6, 6.07) is 9.91. The first-order chi connectivity index (χ1) is 14.7. The van der Waals surface area contributed by atoms with Crippen LogP contribution in [0.1, 0.15) is 13.8 Å². The molecule has 1 aromatic heterocycles. The van der Waals surface area contributed by atoms with Gasteiger partial charge in [0.2, 0.25) is 0 Å². The van der Waals surface area contributed by atoms with Gasteiger partial charge in [0.05, 0.1) is 23.1 Å². The van der Waals surface area contributed by atoms with Crippen LogP contribution in [0.15, 0.2) is 64.3 Å². The molecule has 1 fully saturated rings. The molecule has 2 heterocycles. The fraction of sp³-hybridized carbons (Fsp3) is 0.273. The van der Waals surface area contributed by atoms with Crippen LogP contribution >= 0.6 is 0 Å². The molecule has 6 nitrogen and oxygen atoms in total. The van der Waals surface area contributed by atoms with Gasteiger partial charge in [0, 0.05) is 42.0 Å². The largest absolute Gasteiger partial charge is 0.472 e. The van der Waals surface area contributed by atoms with Gasteiger partial charge in [0.1, 0.15) is 11.6 Å². The summed E-state index contributed by atoms with van der Waals surface area (Å²) in [5, 5.41) is 3.42. The average molecular weight is 448 g/mol. The Hall–Kier alpha value is -2.91. The third-order valence-corrected chi connectivity index (χ3v) is 6.56. The van der Waals surface area contributed by atoms with Gasteiger partial charge in [-0.15, -0.1) is 0 Å². The van der Waals surface area contributed by atoms with Crippen LogP contribution in [0.5, 0.6) is 0 Å². The van der Waals surface area contributed by atoms with E-state index in [0.29, 0.717) is 24.3 Å². The second kappa shape index (κ2) is 8.32. The first-order valence-corrected chi connectivity index (χ1v) is 11.4. The van der Waals surface area contributed by atoms with Crippen molar-refractivity contribution in [1.29, 1.82) is 0 Å². The highest BCUT2D eigenvalue weighted by molar-refractivity contribution is 7.92. The fourth-order valence-electron chi connectivity index (χ4n) is 3.84. The average Bonchev–Trinajstić information content (AvgIpc) is 3.23. The molecule has 0 radical (unpaired) electrons. The zero-order chi connectivity index (χ0) is 22.2. The molecule has 0 spiro atoms. The molecular weight excluding hydrogens is 424 g/mol. The fourth-order valence-corrected chi connectivity index (χ4v) is 4.91. The molecule has 0 bridgehead atoms. The summed E-state index contributed by atoms with van der Waals surface area (Å²) in [5.41, 5.74) is 1.23. The molecule has 9 heteroatoms. The van der Waals surface area contributed by atoms with E-state index in [9.17, 15) is 17.2 Å². The lowest BCUT2D eigenvalue weighted by atomic mass is 10.1. The van der Waals surface area contributed by atoms with Gasteiger partial charge in [0.25, 0.3) is 10.0 Å². The Morgan fingerprint density at radius 2 is 1.77 bits per heavy atom. The van der Waals surface area contributed by atoms with Gasteiger partial charge in [-0.3, -0.25) is 4.72 Å². The lowest BCUT2D eigenvalue weighted by Gasteiger charge is -2.37. The van der Waals surface area contributed by atoms with E-state index in [1.807, 2.05) is 0 Å². The van der Waals surface area contributed by atoms with Crippen LogP contribution in [0.2, 0.25) is 0 Å². The predicted octanol–water partition coefficient (Wildman–Crippen LogP) is 4.21. The number of hydrogen-bond acceptors (Lipinski definition) is 5. The molecule has 1 aliphatic heterocycles. The zero-order valence-electron chi connectivity index (χ0n) is 17.1. The Morgan fingerprint density at radius 1 is 1.03 bits per heavy atom. The maximum absolute atomic E-state index is 14.5. The van der Waals surface area contributed by atoms with E-state index in [0.717, 1.165) is 6.07 Å². The Balaban J connectivity index is 1.60. The lowest BCUT2D eigenvalue weighted by Crippen LogP contribution is -2.54. The van der Waals surface area contributed by atoms with Crippen LogP contribution < -0.4 is 14.9 Å². The molecule has 0 aliphatic carbocycles. The van der Waals surface area contributed by atoms with E-state index in [-0.39, 0.29) is 28.2 Å². The van der Waals surface area contributed by atoms with Gasteiger partial charge < -0.3 is 14.6 Å². The standard InChI is InChI=1S/C22H23F2N3O3S/c1-14-11-27(12-15(2)25-14)17-3-6-20(23)22(9-17)26-31(28,29)18-4-5-19(21(24)10-18)16-7-8-30-13-16/h3-10,13-15,25-26H,11-12H2,1-2H3. The van der Waals surface area contributed by atoms with Crippen LogP contribution in [0.25, 0.3) is 11.1 Å². The third kappa shape index (κ3) is 4.57. The number of halogens is 2. The SMILES string of the molecule is CC1CN(c2ccc(F)c(NS(=O)(=O)c3ccc(-c4ccoc4)c(F)c3)c2)CC(C)N1. The van der Waals surface area contributed by atoms with Crippen LogP contribution in [0.3, 0.4) is 0 Å². The van der Waals surface area contributed by atoms with Gasteiger partial charge in [-0.1, -0.05) is 0 Å². The molecule has 31 heavy (non-hydrogen) atoms. The topological polar surface area (TPSA) is 74.6 Å². The summed E-state index contributed by atoms with van der Waals surface area (Å²) in [5.74, 6) is -1.43. The van der Waals surface area contributed by atoms with E-state index in [2.05, 4.69) is 28.8 Å². The number of sulfonamides is 1. The molecule has 1 saturated heterocycles. The zero-order valence-corrected chi connectivity index (χ0v) is 17.9. The van der Waals surface area contributed by atoms with Gasteiger partial charge in [0.15, 0.2) is 0 Å². The van der Waals surface area contributed by atoms with Crippen LogP contribution in [0.4, 0.5) is 20.2 Å². The quantitative estimate of drug-likeness (QED) is 0.613. The van der Waals surface area contributed by atoms with Crippen molar-refractivity contribution in [2.24, 2.45) is 0 Å². The van der Waals surface area contributed by atoms with Crippen LogP contribution in [0, 0.1) is 11.6 Å². The van der Waals surface area contributed by atoms with Crippen molar-refractivity contribution in [3.05, 3.63) is 66.6 Å². The minimum Gasteiger partial charge on any atom is -0.472 e. The van der Waals surface area contributed by atoms with Crippen molar-refractivity contribution in [3.8, 4) is 11.1 Å². The minimum atomic E-state index is -4.20. The minimum absolute atomic E-state index is 0.185. The monoisotopic (exact) mass is 447 g/mol. The molecule has 4 rings (SSSR count). The van der Waals surface area contributed by atoms with E-state index in [4.69, 9.17) is 4.42 Å². The molecular formula is C22H23F2N3O3S. The number of nitrogens with one attached hydrogen (secondary N) is 2. The number of anilines is 2. The smallest absolute Gasteiger partial charge is 0.262 e. The Kier molecular flexibility index (Phi) is 5.72. The highest BCUT2D eigenvalue weighted by atomic mass is 32.2. The maximum Gasteiger partial charge on any atom is 0.262 e. The summed E-state index contributed by atoms with van der Waals surface area (Å²) in [4.78, 5) is 1.77. The summed E-state index contributed by atoms with van der Waals surface area (Å²) < 4.78 is 61.8. The van der Waals surface area contributed by atoms with E-state index in [1.165, 1.54) is 36.8 Å². The second-order valence-corrected chi connectivity index (χ2v) is 9.48. The molecule has 2 aromatic carbocycles. The van der Waals surface area contributed by atoms with Crippen molar-refractivity contribution in [2.75, 3.05) is 22.7 Å². The van der Waals surface area contributed by atoms with Crippen molar-refractivity contribution in [3.63, 3.8) is 0 Å². The predicted molar refractivity (Wildman–Crippen MR) is 116 cm³/mol. The van der Waals surface area contributed by atoms with Crippen molar-refractivity contribution in [2.45, 2.75) is 30.8 Å². The third-order valence-electron chi connectivity index (χ3n) is 5.20. The van der Waals surface area contributed by atoms with Crippen LogP contribution in [-0.2, 0) is 10.0 Å². The van der Waals surface area contributed by atoms with Crippen molar-refractivity contribution < 1.29 is 21.6 Å². The van der Waals surface area contributed by atoms with Crippen molar-refractivity contribution >= 4 is 21.4 Å². The summed E-state index contributed by atoms with van der Waals surface area (Å²) in [7, 11) is -4.20. The molecule has 2 unspecified atom stereocenters. The molecule has 0 saturated carbocycles. The Bertz CT molecular complexity index is 1170. The van der Waals surface area contributed by atoms with Crippen molar-refractivity contribution in [1.82, 2.24) is 5.32 Å². The highest BCUT2D eigenvalue weighted by Gasteiger charge is 2.23. The number of hydrogen-bond donors (Lipinski definition) is 2. The van der Waals surface area contributed by atoms with Gasteiger partial charge in [-0.2, -0.15) is 0 Å². The Labute approximate surface area is 179 Å². The van der Waals surface area contributed by atoms with Gasteiger partial charge >= 0.3 is 0 Å². The summed E-state index contributed by atoms with van der Waals surface area (Å²) in [6.45, 7) is 5.53. The van der Waals surface area contributed by atoms with Gasteiger partial charge in [-0.25, -0.2) is 17.2 Å². The summed E-state index contributed by atoms with van der Waals surface area (Å²) >= 11 is 0. The van der Waals surface area contributed by atoms with E-state index in [1.54, 1.807) is 12.1 Å². The number of furan rings is 1. The molecule has 2 atom stereocenters. The second-order valence-electron chi connectivity index (χ2n) is 7.80. The lowest BCUT2D eigenvalue weighted by molar-refractivity contribution is 0.407. The van der Waals surface area contributed by atoms with Crippen LogP contribution in [-0.4, -0.2) is 33.6 Å². The van der Waals surface area contributed by atoms with E-state index < -0.39 is 21.7 Å². The molecule has 0 amide bonds. The molecule has 2 N–H and O–H groups in total. The maximum atomic E-state index is 14.5. The van der Waals surface area contributed by atoms with E-state index >= 15 is 0 Å². The molecule has 1 aliphatic rings. The molecule has 3 aromatic rings. The molecule has 164 valence electrons. The Morgan fingerprint density at radius 3 is 2.42 bits per heavy atom. The first-order valence-electron chi connectivity index (χ1n) is 9.88. The first kappa shape index (κ1) is 21.3. The number of benzene rings is 2. The summed E-state index contributed by atoms with van der Waals surface area (Å²) in [6.07, 6.45) is 2.76. The number of rotatable bonds is 5. The highest BCUT2D eigenvalue weighted by Crippen LogP contribution is 2.29. The van der Waals surface area contributed by atoms with Gasteiger partial charge in [-0.05, 0) is 56.3 Å². The normalized spacial score (nSPS) is 19.4.